The van der Waals surface area contributed by atoms with Gasteiger partial charge in [0.1, 0.15) is 11.6 Å². The summed E-state index contributed by atoms with van der Waals surface area (Å²) in [5.74, 6) is 2.28. The third-order valence-electron chi connectivity index (χ3n) is 4.66. The van der Waals surface area contributed by atoms with E-state index in [9.17, 15) is 0 Å². The highest BCUT2D eigenvalue weighted by atomic mass is 35.5. The van der Waals surface area contributed by atoms with Crippen LogP contribution in [-0.2, 0) is 0 Å². The van der Waals surface area contributed by atoms with E-state index in [0.717, 1.165) is 48.1 Å². The largest absolute Gasteiger partial charge is 0.400 e. The monoisotopic (exact) mass is 370 g/mol. The Morgan fingerprint density at radius 3 is 2.35 bits per heavy atom. The van der Waals surface area contributed by atoms with Gasteiger partial charge in [0, 0.05) is 30.3 Å². The van der Waals surface area contributed by atoms with Crippen molar-refractivity contribution in [3.8, 4) is 5.69 Å². The van der Waals surface area contributed by atoms with E-state index in [4.69, 9.17) is 16.7 Å². The molecule has 0 radical (unpaired) electrons. The van der Waals surface area contributed by atoms with E-state index in [2.05, 4.69) is 63.0 Å². The van der Waals surface area contributed by atoms with E-state index in [0.29, 0.717) is 5.92 Å². The zero-order chi connectivity index (χ0) is 18.7. The van der Waals surface area contributed by atoms with E-state index in [-0.39, 0.29) is 0 Å². The number of aryl methyl sites for hydroxylation is 1. The Morgan fingerprint density at radius 1 is 1.04 bits per heavy atom. The Bertz CT molecular complexity index is 876. The summed E-state index contributed by atoms with van der Waals surface area (Å²) in [6.07, 6.45) is 1.01. The van der Waals surface area contributed by atoms with Crippen LogP contribution in [0.4, 0.5) is 11.4 Å². The summed E-state index contributed by atoms with van der Waals surface area (Å²) in [7, 11) is 1.00. The van der Waals surface area contributed by atoms with Crippen LogP contribution in [0.1, 0.15) is 30.9 Å². The fourth-order valence-corrected chi connectivity index (χ4v) is 3.53. The van der Waals surface area contributed by atoms with Crippen LogP contribution in [-0.4, -0.2) is 33.5 Å². The number of aliphatic hydroxyl groups excluding tert-OH is 1. The Hall–Kier alpha value is -2.37. The smallest absolute Gasteiger partial charge is 0.142 e. The van der Waals surface area contributed by atoms with Gasteiger partial charge in [-0.15, -0.1) is 10.2 Å². The van der Waals surface area contributed by atoms with Gasteiger partial charge in [0.05, 0.1) is 11.4 Å². The first-order chi connectivity index (χ1) is 12.7. The van der Waals surface area contributed by atoms with Crippen molar-refractivity contribution in [1.29, 1.82) is 0 Å². The maximum absolute atomic E-state index is 7.00. The van der Waals surface area contributed by atoms with Crippen molar-refractivity contribution >= 4 is 23.0 Å². The van der Waals surface area contributed by atoms with Gasteiger partial charge in [0.2, 0.25) is 0 Å². The number of fused-ring (bicyclic) bond motifs is 3. The first-order valence-corrected chi connectivity index (χ1v) is 9.06. The van der Waals surface area contributed by atoms with Gasteiger partial charge in [0.25, 0.3) is 0 Å². The summed E-state index contributed by atoms with van der Waals surface area (Å²) in [6, 6.07) is 16.5. The molecule has 1 aliphatic rings. The number of hydrogen-bond acceptors (Lipinski definition) is 4. The summed E-state index contributed by atoms with van der Waals surface area (Å²) in [4.78, 5) is 2.36. The molecule has 1 N–H and O–H groups in total. The third kappa shape index (κ3) is 3.20. The lowest BCUT2D eigenvalue weighted by Crippen LogP contribution is -2.23. The summed E-state index contributed by atoms with van der Waals surface area (Å²) < 4.78 is 2.19. The number of halogens is 1. The zero-order valence-electron chi connectivity index (χ0n) is 15.2. The van der Waals surface area contributed by atoms with E-state index in [1.165, 1.54) is 5.69 Å². The maximum atomic E-state index is 7.00. The highest BCUT2D eigenvalue weighted by molar-refractivity contribution is 6.30. The van der Waals surface area contributed by atoms with Crippen molar-refractivity contribution in [3.05, 3.63) is 65.2 Å². The lowest BCUT2D eigenvalue weighted by Gasteiger charge is -2.27. The van der Waals surface area contributed by atoms with Crippen LogP contribution < -0.4 is 4.90 Å². The summed E-state index contributed by atoms with van der Waals surface area (Å²) in [6.45, 7) is 5.08. The van der Waals surface area contributed by atoms with Crippen LogP contribution >= 0.6 is 11.6 Å². The Morgan fingerprint density at radius 2 is 1.69 bits per heavy atom. The first kappa shape index (κ1) is 18.4. The molecule has 2 aromatic carbocycles. The summed E-state index contributed by atoms with van der Waals surface area (Å²) in [5.41, 5.74) is 3.43. The van der Waals surface area contributed by atoms with Gasteiger partial charge in [-0.25, -0.2) is 0 Å². The minimum Gasteiger partial charge on any atom is -0.400 e. The predicted octanol–water partition coefficient (Wildman–Crippen LogP) is 4.48. The topological polar surface area (TPSA) is 54.2 Å². The second-order valence-electron chi connectivity index (χ2n) is 6.12. The minimum absolute atomic E-state index is 0.314. The average molecular weight is 371 g/mol. The molecule has 0 spiro atoms. The summed E-state index contributed by atoms with van der Waals surface area (Å²) in [5, 5.41) is 16.5. The highest BCUT2D eigenvalue weighted by Gasteiger charge is 2.29. The van der Waals surface area contributed by atoms with Gasteiger partial charge in [-0.3, -0.25) is 4.57 Å². The molecule has 0 saturated carbocycles. The number of anilines is 2. The molecule has 26 heavy (non-hydrogen) atoms. The molecule has 2 heterocycles. The fourth-order valence-electron chi connectivity index (χ4n) is 3.40. The van der Waals surface area contributed by atoms with Crippen LogP contribution in [0.2, 0.25) is 5.02 Å². The molecule has 4 rings (SSSR count). The lowest BCUT2D eigenvalue weighted by molar-refractivity contribution is 0.399. The Labute approximate surface area is 158 Å². The number of nitrogens with zero attached hydrogens (tertiary/aromatic N) is 4. The SMILES string of the molecule is CCC1CN(c2ccc(Cl)cc2)c2ccccc2-n2c(C)nnc21.CO. The molecule has 5 nitrogen and oxygen atoms in total. The fraction of sp³-hybridized carbons (Fsp3) is 0.300. The molecular formula is C20H23ClN4O. The molecule has 0 aliphatic carbocycles. The molecule has 0 bridgehead atoms. The van der Waals surface area contributed by atoms with Crippen molar-refractivity contribution in [2.45, 2.75) is 26.2 Å². The number of rotatable bonds is 2. The standard InChI is InChI=1S/C19H19ClN4.CH4O/c1-3-14-12-23(16-10-8-15(20)9-11-16)17-6-4-5-7-18(17)24-13(2)21-22-19(14)24;1-2/h4-11,14H,3,12H2,1-2H3;2H,1H3. The second-order valence-corrected chi connectivity index (χ2v) is 6.56. The van der Waals surface area contributed by atoms with Gasteiger partial charge in [-0.2, -0.15) is 0 Å². The van der Waals surface area contributed by atoms with Crippen molar-refractivity contribution in [2.24, 2.45) is 0 Å². The minimum atomic E-state index is 0.314. The number of aliphatic hydroxyl groups is 1. The molecular weight excluding hydrogens is 348 g/mol. The molecule has 136 valence electrons. The molecule has 1 aliphatic heterocycles. The van der Waals surface area contributed by atoms with E-state index in [1.807, 2.05) is 19.1 Å². The molecule has 1 atom stereocenters. The van der Waals surface area contributed by atoms with E-state index in [1.54, 1.807) is 0 Å². The maximum Gasteiger partial charge on any atom is 0.142 e. The van der Waals surface area contributed by atoms with Crippen LogP contribution in [0.3, 0.4) is 0 Å². The van der Waals surface area contributed by atoms with Crippen LogP contribution in [0, 0.1) is 6.92 Å². The number of aromatic nitrogens is 3. The third-order valence-corrected chi connectivity index (χ3v) is 4.91. The van der Waals surface area contributed by atoms with E-state index < -0.39 is 0 Å². The summed E-state index contributed by atoms with van der Waals surface area (Å²) >= 11 is 6.07. The number of benzene rings is 2. The molecule has 0 amide bonds. The van der Waals surface area contributed by atoms with Gasteiger partial charge in [-0.1, -0.05) is 30.7 Å². The predicted molar refractivity (Wildman–Crippen MR) is 106 cm³/mol. The zero-order valence-corrected chi connectivity index (χ0v) is 16.0. The van der Waals surface area contributed by atoms with Crippen molar-refractivity contribution in [1.82, 2.24) is 14.8 Å². The highest BCUT2D eigenvalue weighted by Crippen LogP contribution is 2.39. The van der Waals surface area contributed by atoms with Crippen LogP contribution in [0.15, 0.2) is 48.5 Å². The van der Waals surface area contributed by atoms with Gasteiger partial charge < -0.3 is 10.0 Å². The number of hydrogen-bond donors (Lipinski definition) is 1. The first-order valence-electron chi connectivity index (χ1n) is 8.68. The quantitative estimate of drug-likeness (QED) is 0.722. The van der Waals surface area contributed by atoms with Gasteiger partial charge in [0.15, 0.2) is 0 Å². The molecule has 6 heteroatoms. The van der Waals surface area contributed by atoms with Gasteiger partial charge >= 0.3 is 0 Å². The Kier molecular flexibility index (Phi) is 5.59. The molecule has 1 aromatic heterocycles. The van der Waals surface area contributed by atoms with Crippen LogP contribution in [0.5, 0.6) is 0 Å². The normalized spacial score (nSPS) is 15.4. The number of para-hydroxylation sites is 2. The van der Waals surface area contributed by atoms with Crippen molar-refractivity contribution < 1.29 is 5.11 Å². The average Bonchev–Trinajstić information content (AvgIpc) is 2.99. The van der Waals surface area contributed by atoms with Gasteiger partial charge in [-0.05, 0) is 49.7 Å². The van der Waals surface area contributed by atoms with Crippen molar-refractivity contribution in [2.75, 3.05) is 18.6 Å². The molecule has 1 unspecified atom stereocenters. The molecule has 0 saturated heterocycles. The molecule has 0 fully saturated rings. The molecule has 3 aromatic rings. The van der Waals surface area contributed by atoms with Crippen LogP contribution in [0.25, 0.3) is 5.69 Å². The van der Waals surface area contributed by atoms with E-state index >= 15 is 0 Å². The Balaban J connectivity index is 0.000000948. The lowest BCUT2D eigenvalue weighted by atomic mass is 10.0. The second kappa shape index (κ2) is 7.89. The van der Waals surface area contributed by atoms with Crippen molar-refractivity contribution in [3.63, 3.8) is 0 Å².